The molecule has 0 aliphatic heterocycles. The summed E-state index contributed by atoms with van der Waals surface area (Å²) in [5.41, 5.74) is 3.72. The minimum atomic E-state index is -0.329. The van der Waals surface area contributed by atoms with Gasteiger partial charge in [-0.1, -0.05) is 17.2 Å². The fourth-order valence-corrected chi connectivity index (χ4v) is 0.982. The quantitative estimate of drug-likeness (QED) is 0.313. The fourth-order valence-electron chi connectivity index (χ4n) is 0.982. The van der Waals surface area contributed by atoms with Crippen LogP contribution >= 0.6 is 0 Å². The molecule has 0 atom stereocenters. The first kappa shape index (κ1) is 15.4. The molecule has 0 N–H and O–H groups in total. The van der Waals surface area contributed by atoms with E-state index in [1.807, 2.05) is 53.7 Å². The molecular weight excluding hydrogens is 212 g/mol. The Labute approximate surface area is 104 Å². The summed E-state index contributed by atoms with van der Waals surface area (Å²) < 4.78 is 5.06. The highest BCUT2D eigenvalue weighted by Crippen LogP contribution is 2.07. The molecule has 0 spiro atoms. The molecule has 0 rings (SSSR count). The van der Waals surface area contributed by atoms with Gasteiger partial charge in [-0.05, 0) is 59.3 Å². The van der Waals surface area contributed by atoms with E-state index in [-0.39, 0.29) is 5.97 Å². The number of hydrogen-bond acceptors (Lipinski definition) is 2. The molecule has 0 fully saturated rings. The van der Waals surface area contributed by atoms with Crippen LogP contribution in [0.2, 0.25) is 0 Å². The molecule has 0 aromatic carbocycles. The molecule has 0 unspecified atom stereocenters. The predicted molar refractivity (Wildman–Crippen MR) is 72.5 cm³/mol. The van der Waals surface area contributed by atoms with Crippen molar-refractivity contribution in [1.29, 1.82) is 0 Å². The lowest BCUT2D eigenvalue weighted by Gasteiger charge is -2.01. The van der Waals surface area contributed by atoms with Gasteiger partial charge in [-0.3, -0.25) is 0 Å². The number of hydrogen-bond donors (Lipinski definition) is 0. The molecule has 17 heavy (non-hydrogen) atoms. The highest BCUT2D eigenvalue weighted by Gasteiger charge is 2.06. The first-order valence-electron chi connectivity index (χ1n) is 5.67. The van der Waals surface area contributed by atoms with Crippen LogP contribution in [-0.4, -0.2) is 5.97 Å². The van der Waals surface area contributed by atoms with Gasteiger partial charge in [-0.25, -0.2) is 4.79 Å². The van der Waals surface area contributed by atoms with E-state index in [1.54, 1.807) is 6.08 Å². The van der Waals surface area contributed by atoms with Crippen molar-refractivity contribution >= 4 is 5.97 Å². The molecule has 0 heterocycles. The highest BCUT2D eigenvalue weighted by atomic mass is 16.5. The van der Waals surface area contributed by atoms with Crippen LogP contribution in [0.1, 0.15) is 41.5 Å². The SMILES string of the molecule is CC(C)=CC=C(C=C(C)C)C(=O)OC=C(C)C. The van der Waals surface area contributed by atoms with Gasteiger partial charge in [0, 0.05) is 0 Å². The third-order valence-electron chi connectivity index (χ3n) is 1.68. The molecule has 0 amide bonds. The topological polar surface area (TPSA) is 26.3 Å². The third kappa shape index (κ3) is 8.26. The summed E-state index contributed by atoms with van der Waals surface area (Å²) in [5.74, 6) is -0.329. The minimum Gasteiger partial charge on any atom is -0.431 e. The van der Waals surface area contributed by atoms with Gasteiger partial charge in [0.2, 0.25) is 0 Å². The maximum Gasteiger partial charge on any atom is 0.342 e. The van der Waals surface area contributed by atoms with E-state index in [2.05, 4.69) is 0 Å². The summed E-state index contributed by atoms with van der Waals surface area (Å²) in [6.45, 7) is 11.6. The summed E-state index contributed by atoms with van der Waals surface area (Å²) >= 11 is 0. The van der Waals surface area contributed by atoms with Gasteiger partial charge in [0.25, 0.3) is 0 Å². The van der Waals surface area contributed by atoms with Crippen LogP contribution in [0.15, 0.2) is 46.8 Å². The Bertz CT molecular complexity index is 381. The predicted octanol–water partition coefficient (Wildman–Crippen LogP) is 4.31. The van der Waals surface area contributed by atoms with Crippen molar-refractivity contribution in [3.8, 4) is 0 Å². The van der Waals surface area contributed by atoms with E-state index >= 15 is 0 Å². The lowest BCUT2D eigenvalue weighted by atomic mass is 10.1. The number of allylic oxidation sites excluding steroid dienone is 5. The minimum absolute atomic E-state index is 0.329. The molecule has 0 aromatic rings. The molecular formula is C15H22O2. The Hall–Kier alpha value is -1.57. The zero-order valence-electron chi connectivity index (χ0n) is 11.6. The monoisotopic (exact) mass is 234 g/mol. The van der Waals surface area contributed by atoms with Crippen LogP contribution < -0.4 is 0 Å². The zero-order chi connectivity index (χ0) is 13.4. The first-order chi connectivity index (χ1) is 7.82. The van der Waals surface area contributed by atoms with Crippen LogP contribution in [-0.2, 0) is 9.53 Å². The molecule has 0 saturated carbocycles. The van der Waals surface area contributed by atoms with Crippen molar-refractivity contribution in [2.75, 3.05) is 0 Å². The van der Waals surface area contributed by atoms with Crippen LogP contribution in [0.4, 0.5) is 0 Å². The average molecular weight is 234 g/mol. The number of rotatable bonds is 4. The van der Waals surface area contributed by atoms with Crippen molar-refractivity contribution in [1.82, 2.24) is 0 Å². The van der Waals surface area contributed by atoms with E-state index in [0.29, 0.717) is 5.57 Å². The largest absolute Gasteiger partial charge is 0.431 e. The second kappa shape index (κ2) is 7.66. The Balaban J connectivity index is 5.01. The van der Waals surface area contributed by atoms with E-state index in [9.17, 15) is 4.79 Å². The standard InChI is InChI=1S/C15H22O2/c1-11(2)7-8-14(9-12(3)4)15(16)17-10-13(5)6/h7-10H,1-6H3. The Kier molecular flexibility index (Phi) is 6.95. The fraction of sp³-hybridized carbons (Fsp3) is 0.400. The van der Waals surface area contributed by atoms with Crippen molar-refractivity contribution in [3.05, 3.63) is 46.8 Å². The summed E-state index contributed by atoms with van der Waals surface area (Å²) in [7, 11) is 0. The van der Waals surface area contributed by atoms with Crippen LogP contribution in [0.3, 0.4) is 0 Å². The summed E-state index contributed by atoms with van der Waals surface area (Å²) in [5, 5.41) is 0. The van der Waals surface area contributed by atoms with Crippen molar-refractivity contribution in [3.63, 3.8) is 0 Å². The molecule has 0 aromatic heterocycles. The van der Waals surface area contributed by atoms with Crippen molar-refractivity contribution in [2.45, 2.75) is 41.5 Å². The molecule has 0 saturated heterocycles. The van der Waals surface area contributed by atoms with Gasteiger partial charge in [-0.15, -0.1) is 0 Å². The van der Waals surface area contributed by atoms with Gasteiger partial charge >= 0.3 is 5.97 Å². The number of carbonyl (C=O) groups is 1. The van der Waals surface area contributed by atoms with Crippen molar-refractivity contribution in [2.24, 2.45) is 0 Å². The maximum absolute atomic E-state index is 11.8. The molecule has 2 heteroatoms. The summed E-state index contributed by atoms with van der Waals surface area (Å²) in [6, 6.07) is 0. The number of esters is 1. The third-order valence-corrected chi connectivity index (χ3v) is 1.68. The molecule has 94 valence electrons. The van der Waals surface area contributed by atoms with Crippen molar-refractivity contribution < 1.29 is 9.53 Å². The lowest BCUT2D eigenvalue weighted by molar-refractivity contribution is -0.133. The Morgan fingerprint density at radius 1 is 0.824 bits per heavy atom. The summed E-state index contributed by atoms with van der Waals surface area (Å²) in [4.78, 5) is 11.8. The smallest absolute Gasteiger partial charge is 0.342 e. The van der Waals surface area contributed by atoms with Gasteiger partial charge in [0.15, 0.2) is 0 Å². The van der Waals surface area contributed by atoms with Gasteiger partial charge < -0.3 is 4.74 Å². The van der Waals surface area contributed by atoms with Gasteiger partial charge in [-0.2, -0.15) is 0 Å². The second-order valence-corrected chi connectivity index (χ2v) is 4.69. The number of carbonyl (C=O) groups excluding carboxylic acids is 1. The molecule has 0 bridgehead atoms. The Morgan fingerprint density at radius 2 is 1.41 bits per heavy atom. The van der Waals surface area contributed by atoms with Crippen LogP contribution in [0, 0.1) is 0 Å². The van der Waals surface area contributed by atoms with E-state index < -0.39 is 0 Å². The Morgan fingerprint density at radius 3 is 1.82 bits per heavy atom. The maximum atomic E-state index is 11.8. The highest BCUT2D eigenvalue weighted by molar-refractivity contribution is 5.92. The van der Waals surface area contributed by atoms with E-state index in [4.69, 9.17) is 4.74 Å². The molecule has 0 aliphatic rings. The average Bonchev–Trinajstić information content (AvgIpc) is 2.19. The van der Waals surface area contributed by atoms with Gasteiger partial charge in [0.1, 0.15) is 0 Å². The molecule has 0 radical (unpaired) electrons. The van der Waals surface area contributed by atoms with E-state index in [1.165, 1.54) is 6.26 Å². The van der Waals surface area contributed by atoms with Gasteiger partial charge in [0.05, 0.1) is 11.8 Å². The summed E-state index contributed by atoms with van der Waals surface area (Å²) in [6.07, 6.45) is 6.97. The number of ether oxygens (including phenoxy) is 1. The molecule has 0 aliphatic carbocycles. The second-order valence-electron chi connectivity index (χ2n) is 4.69. The zero-order valence-corrected chi connectivity index (χ0v) is 11.6. The molecule has 2 nitrogen and oxygen atoms in total. The van der Waals surface area contributed by atoms with Crippen LogP contribution in [0.5, 0.6) is 0 Å². The van der Waals surface area contributed by atoms with E-state index in [0.717, 1.165) is 16.7 Å². The normalized spacial score (nSPS) is 10.4. The first-order valence-corrected chi connectivity index (χ1v) is 5.67. The van der Waals surface area contributed by atoms with Crippen LogP contribution in [0.25, 0.3) is 0 Å². The lowest BCUT2D eigenvalue weighted by Crippen LogP contribution is -2.02.